The fraction of sp³-hybridized carbons (Fsp3) is 0.211. The molecule has 0 atom stereocenters. The van der Waals surface area contributed by atoms with Crippen LogP contribution in [0.4, 0.5) is 0 Å². The number of rotatable bonds is 4. The first kappa shape index (κ1) is 16.4. The summed E-state index contributed by atoms with van der Waals surface area (Å²) in [4.78, 5) is 11.8. The molecule has 0 bridgehead atoms. The number of methoxy groups -OCH3 is 1. The Bertz CT molecular complexity index is 942. The average molecular weight is 345 g/mol. The lowest BCUT2D eigenvalue weighted by Crippen LogP contribution is -2.06. The lowest BCUT2D eigenvalue weighted by atomic mass is 10.1. The highest BCUT2D eigenvalue weighted by Crippen LogP contribution is 2.32. The van der Waals surface area contributed by atoms with E-state index in [1.54, 1.807) is 26.2 Å². The average Bonchev–Trinajstić information content (AvgIpc) is 2.59. The number of aryl methyl sites for hydroxylation is 1. The summed E-state index contributed by atoms with van der Waals surface area (Å²) in [6.07, 6.45) is 0. The number of ether oxygens (including phenoxy) is 2. The first-order valence-corrected chi connectivity index (χ1v) is 7.86. The van der Waals surface area contributed by atoms with Gasteiger partial charge in [-0.15, -0.1) is 0 Å². The van der Waals surface area contributed by atoms with E-state index in [0.29, 0.717) is 28.5 Å². The molecule has 3 aromatic rings. The molecule has 0 spiro atoms. The lowest BCUT2D eigenvalue weighted by Gasteiger charge is -2.11. The van der Waals surface area contributed by atoms with Crippen LogP contribution < -0.4 is 15.1 Å². The number of hydrogen-bond acceptors (Lipinski definition) is 4. The summed E-state index contributed by atoms with van der Waals surface area (Å²) < 4.78 is 16.2. The Hall–Kier alpha value is -2.46. The van der Waals surface area contributed by atoms with Crippen molar-refractivity contribution in [3.05, 3.63) is 68.5 Å². The molecule has 0 saturated heterocycles. The Morgan fingerprint density at radius 2 is 1.79 bits per heavy atom. The van der Waals surface area contributed by atoms with Gasteiger partial charge in [0.25, 0.3) is 0 Å². The Morgan fingerprint density at radius 3 is 2.46 bits per heavy atom. The van der Waals surface area contributed by atoms with E-state index in [0.717, 1.165) is 22.3 Å². The van der Waals surface area contributed by atoms with E-state index >= 15 is 0 Å². The van der Waals surface area contributed by atoms with Crippen LogP contribution in [0.25, 0.3) is 11.0 Å². The molecular weight excluding hydrogens is 328 g/mol. The van der Waals surface area contributed by atoms with Gasteiger partial charge in [-0.1, -0.05) is 23.7 Å². The molecule has 0 fully saturated rings. The van der Waals surface area contributed by atoms with Crippen molar-refractivity contribution in [1.82, 2.24) is 0 Å². The number of benzene rings is 2. The predicted octanol–water partition coefficient (Wildman–Crippen LogP) is 4.65. The van der Waals surface area contributed by atoms with Crippen LogP contribution in [0, 0.1) is 13.8 Å². The van der Waals surface area contributed by atoms with E-state index in [1.807, 2.05) is 31.2 Å². The van der Waals surface area contributed by atoms with Crippen LogP contribution in [0.3, 0.4) is 0 Å². The fourth-order valence-electron chi connectivity index (χ4n) is 2.44. The van der Waals surface area contributed by atoms with E-state index in [9.17, 15) is 4.79 Å². The van der Waals surface area contributed by atoms with E-state index in [2.05, 4.69) is 0 Å². The molecule has 3 rings (SSSR count). The Labute approximate surface area is 144 Å². The second-order valence-corrected chi connectivity index (χ2v) is 5.96. The summed E-state index contributed by atoms with van der Waals surface area (Å²) in [6.45, 7) is 3.97. The first-order chi connectivity index (χ1) is 11.5. The summed E-state index contributed by atoms with van der Waals surface area (Å²) in [6, 6.07) is 11.0. The van der Waals surface area contributed by atoms with Crippen molar-refractivity contribution in [2.75, 3.05) is 7.11 Å². The van der Waals surface area contributed by atoms with Crippen LogP contribution in [0.2, 0.25) is 5.02 Å². The molecule has 0 N–H and O–H groups in total. The van der Waals surface area contributed by atoms with Crippen LogP contribution in [0.1, 0.15) is 16.7 Å². The SMILES string of the molecule is COc1ccc(COc2cc3oc(=O)c(C)c(C)c3cc2Cl)cc1. The first-order valence-electron chi connectivity index (χ1n) is 7.49. The minimum Gasteiger partial charge on any atom is -0.497 e. The van der Waals surface area contributed by atoms with E-state index in [4.69, 9.17) is 25.5 Å². The van der Waals surface area contributed by atoms with Crippen molar-refractivity contribution in [3.63, 3.8) is 0 Å². The smallest absolute Gasteiger partial charge is 0.339 e. The second-order valence-electron chi connectivity index (χ2n) is 5.56. The minimum absolute atomic E-state index is 0.344. The van der Waals surface area contributed by atoms with Crippen LogP contribution in [0.5, 0.6) is 11.5 Å². The summed E-state index contributed by atoms with van der Waals surface area (Å²) in [5.74, 6) is 1.27. The monoisotopic (exact) mass is 344 g/mol. The van der Waals surface area contributed by atoms with Gasteiger partial charge in [-0.2, -0.15) is 0 Å². The molecule has 0 aliphatic rings. The highest BCUT2D eigenvalue weighted by Gasteiger charge is 2.12. The van der Waals surface area contributed by atoms with Gasteiger partial charge in [-0.3, -0.25) is 0 Å². The maximum atomic E-state index is 11.8. The minimum atomic E-state index is -0.344. The van der Waals surface area contributed by atoms with Gasteiger partial charge in [-0.25, -0.2) is 4.79 Å². The third-order valence-corrected chi connectivity index (χ3v) is 4.36. The molecule has 0 aliphatic carbocycles. The standard InChI is InChI=1S/C19H17ClO4/c1-11-12(2)19(21)24-17-9-18(16(20)8-15(11)17)23-10-13-4-6-14(22-3)7-5-13/h4-9H,10H2,1-3H3. The summed E-state index contributed by atoms with van der Waals surface area (Å²) in [5, 5.41) is 1.29. The molecule has 5 heteroatoms. The Morgan fingerprint density at radius 1 is 1.08 bits per heavy atom. The molecule has 0 amide bonds. The molecule has 1 heterocycles. The van der Waals surface area contributed by atoms with Gasteiger partial charge in [0.1, 0.15) is 23.7 Å². The number of hydrogen-bond donors (Lipinski definition) is 0. The molecule has 0 saturated carbocycles. The third kappa shape index (κ3) is 3.10. The summed E-state index contributed by atoms with van der Waals surface area (Å²) >= 11 is 6.32. The summed E-state index contributed by atoms with van der Waals surface area (Å²) in [5.41, 5.74) is 2.56. The predicted molar refractivity (Wildman–Crippen MR) is 94.3 cm³/mol. The van der Waals surface area contributed by atoms with Crippen molar-refractivity contribution in [2.45, 2.75) is 20.5 Å². The normalized spacial score (nSPS) is 10.8. The molecule has 124 valence electrons. The molecule has 2 aromatic carbocycles. The molecule has 24 heavy (non-hydrogen) atoms. The van der Waals surface area contributed by atoms with Crippen LogP contribution >= 0.6 is 11.6 Å². The van der Waals surface area contributed by atoms with Crippen LogP contribution in [-0.4, -0.2) is 7.11 Å². The topological polar surface area (TPSA) is 48.7 Å². The molecule has 0 aliphatic heterocycles. The molecule has 0 radical (unpaired) electrons. The Kier molecular flexibility index (Phi) is 4.49. The van der Waals surface area contributed by atoms with E-state index < -0.39 is 0 Å². The lowest BCUT2D eigenvalue weighted by molar-refractivity contribution is 0.306. The number of halogens is 1. The molecule has 1 aromatic heterocycles. The van der Waals surface area contributed by atoms with Gasteiger partial charge in [0, 0.05) is 17.0 Å². The largest absolute Gasteiger partial charge is 0.497 e. The Balaban J connectivity index is 1.90. The van der Waals surface area contributed by atoms with Gasteiger partial charge >= 0.3 is 5.63 Å². The van der Waals surface area contributed by atoms with Gasteiger partial charge < -0.3 is 13.9 Å². The van der Waals surface area contributed by atoms with Crippen molar-refractivity contribution < 1.29 is 13.9 Å². The fourth-order valence-corrected chi connectivity index (χ4v) is 2.66. The second kappa shape index (κ2) is 6.57. The van der Waals surface area contributed by atoms with Crippen molar-refractivity contribution in [3.8, 4) is 11.5 Å². The maximum Gasteiger partial charge on any atom is 0.339 e. The van der Waals surface area contributed by atoms with Gasteiger partial charge in [0.05, 0.1) is 12.1 Å². The highest BCUT2D eigenvalue weighted by atomic mass is 35.5. The molecular formula is C19H17ClO4. The van der Waals surface area contributed by atoms with E-state index in [-0.39, 0.29) is 5.63 Å². The molecule has 0 unspecified atom stereocenters. The van der Waals surface area contributed by atoms with Gasteiger partial charge in [0.2, 0.25) is 0 Å². The van der Waals surface area contributed by atoms with E-state index in [1.165, 1.54) is 0 Å². The highest BCUT2D eigenvalue weighted by molar-refractivity contribution is 6.32. The van der Waals surface area contributed by atoms with Crippen molar-refractivity contribution in [1.29, 1.82) is 0 Å². The van der Waals surface area contributed by atoms with Crippen LogP contribution in [0.15, 0.2) is 45.6 Å². The zero-order chi connectivity index (χ0) is 17.3. The van der Waals surface area contributed by atoms with Crippen molar-refractivity contribution in [2.24, 2.45) is 0 Å². The number of fused-ring (bicyclic) bond motifs is 1. The molecule has 4 nitrogen and oxygen atoms in total. The van der Waals surface area contributed by atoms with Crippen LogP contribution in [-0.2, 0) is 6.61 Å². The van der Waals surface area contributed by atoms with Gasteiger partial charge in [-0.05, 0) is 43.2 Å². The quantitative estimate of drug-likeness (QED) is 0.646. The third-order valence-electron chi connectivity index (χ3n) is 4.06. The maximum absolute atomic E-state index is 11.8. The zero-order valence-corrected chi connectivity index (χ0v) is 14.4. The zero-order valence-electron chi connectivity index (χ0n) is 13.7. The van der Waals surface area contributed by atoms with Gasteiger partial charge in [0.15, 0.2) is 0 Å². The summed E-state index contributed by atoms with van der Waals surface area (Å²) in [7, 11) is 1.62. The van der Waals surface area contributed by atoms with Crippen molar-refractivity contribution >= 4 is 22.6 Å².